The Morgan fingerprint density at radius 3 is 2.46 bits per heavy atom. The van der Waals surface area contributed by atoms with E-state index < -0.39 is 11.6 Å². The van der Waals surface area contributed by atoms with E-state index in [1.807, 2.05) is 4.90 Å². The molecular weight excluding hydrogens is 312 g/mol. The second-order valence-electron chi connectivity index (χ2n) is 7.46. The summed E-state index contributed by atoms with van der Waals surface area (Å²) in [5.41, 5.74) is -0.864. The lowest BCUT2D eigenvalue weighted by molar-refractivity contribution is -0.139. The van der Waals surface area contributed by atoms with Gasteiger partial charge in [0.1, 0.15) is 5.54 Å². The normalized spacial score (nSPS) is 29.2. The van der Waals surface area contributed by atoms with Crippen LogP contribution >= 0.6 is 0 Å². The number of carbonyl (C=O) groups is 4. The van der Waals surface area contributed by atoms with Crippen LogP contribution in [-0.4, -0.2) is 65.3 Å². The van der Waals surface area contributed by atoms with Gasteiger partial charge in [0, 0.05) is 32.6 Å². The van der Waals surface area contributed by atoms with Crippen molar-refractivity contribution in [1.82, 2.24) is 20.4 Å². The first-order chi connectivity index (χ1) is 11.5. The van der Waals surface area contributed by atoms with E-state index in [0.717, 1.165) is 6.54 Å². The van der Waals surface area contributed by atoms with E-state index >= 15 is 0 Å². The second kappa shape index (κ2) is 5.46. The van der Waals surface area contributed by atoms with Crippen molar-refractivity contribution in [2.24, 2.45) is 11.8 Å². The highest BCUT2D eigenvalue weighted by Crippen LogP contribution is 2.33. The zero-order valence-electron chi connectivity index (χ0n) is 13.5. The predicted molar refractivity (Wildman–Crippen MR) is 82.6 cm³/mol. The average Bonchev–Trinajstić information content (AvgIpc) is 3.23. The van der Waals surface area contributed by atoms with Crippen molar-refractivity contribution in [3.05, 3.63) is 0 Å². The molecule has 3 aliphatic heterocycles. The van der Waals surface area contributed by atoms with Crippen LogP contribution < -0.4 is 10.6 Å². The molecule has 4 rings (SSSR count). The van der Waals surface area contributed by atoms with Gasteiger partial charge >= 0.3 is 6.03 Å². The topological polar surface area (TPSA) is 98.8 Å². The monoisotopic (exact) mass is 334 g/mol. The third-order valence-corrected chi connectivity index (χ3v) is 5.68. The Morgan fingerprint density at radius 2 is 1.88 bits per heavy atom. The Labute approximate surface area is 139 Å². The Hall–Kier alpha value is -2.12. The Balaban J connectivity index is 1.34. The molecule has 4 aliphatic rings. The van der Waals surface area contributed by atoms with E-state index in [9.17, 15) is 19.2 Å². The summed E-state index contributed by atoms with van der Waals surface area (Å²) >= 11 is 0. The standard InChI is InChI=1S/C16H22N4O4/c21-12-7-11(9-20(12)8-10-1-2-10)13(22)19-5-3-16(4-6-19)14(23)17-15(24)18-16/h10-11H,1-9H2,(H2,17,18,23,24)/t11-/m0/s1. The molecule has 0 radical (unpaired) electrons. The quantitative estimate of drug-likeness (QED) is 0.676. The Morgan fingerprint density at radius 1 is 1.17 bits per heavy atom. The van der Waals surface area contributed by atoms with Gasteiger partial charge in [-0.05, 0) is 31.6 Å². The molecule has 0 bridgehead atoms. The number of likely N-dealkylation sites (tertiary alicyclic amines) is 2. The predicted octanol–water partition coefficient (Wildman–Crippen LogP) is -0.554. The highest BCUT2D eigenvalue weighted by atomic mass is 16.2. The maximum atomic E-state index is 12.7. The molecule has 1 aliphatic carbocycles. The van der Waals surface area contributed by atoms with Gasteiger partial charge in [-0.15, -0.1) is 0 Å². The Bertz CT molecular complexity index is 607. The first kappa shape index (κ1) is 15.4. The summed E-state index contributed by atoms with van der Waals surface area (Å²) in [7, 11) is 0. The average molecular weight is 334 g/mol. The van der Waals surface area contributed by atoms with Crippen LogP contribution in [-0.2, 0) is 14.4 Å². The van der Waals surface area contributed by atoms with Gasteiger partial charge in [0.2, 0.25) is 11.8 Å². The second-order valence-corrected chi connectivity index (χ2v) is 7.46. The molecule has 3 saturated heterocycles. The summed E-state index contributed by atoms with van der Waals surface area (Å²) in [5.74, 6) is 0.142. The van der Waals surface area contributed by atoms with Gasteiger partial charge in [-0.1, -0.05) is 0 Å². The first-order valence-corrected chi connectivity index (χ1v) is 8.67. The molecule has 2 N–H and O–H groups in total. The van der Waals surface area contributed by atoms with E-state index in [2.05, 4.69) is 10.6 Å². The summed E-state index contributed by atoms with van der Waals surface area (Å²) in [4.78, 5) is 51.6. The molecule has 4 fully saturated rings. The van der Waals surface area contributed by atoms with Gasteiger partial charge in [0.05, 0.1) is 5.92 Å². The van der Waals surface area contributed by atoms with Crippen LogP contribution in [0.3, 0.4) is 0 Å². The van der Waals surface area contributed by atoms with Crippen molar-refractivity contribution in [3.63, 3.8) is 0 Å². The van der Waals surface area contributed by atoms with Crippen molar-refractivity contribution in [3.8, 4) is 0 Å². The van der Waals surface area contributed by atoms with E-state index in [-0.39, 0.29) is 23.6 Å². The van der Waals surface area contributed by atoms with Crippen LogP contribution in [0.4, 0.5) is 4.79 Å². The maximum absolute atomic E-state index is 12.7. The SMILES string of the molecule is O=C1NC(=O)C2(CCN(C(=O)[C@H]3CC(=O)N(CC4CC4)C3)CC2)N1. The van der Waals surface area contributed by atoms with Crippen LogP contribution in [0.5, 0.6) is 0 Å². The number of amides is 5. The van der Waals surface area contributed by atoms with E-state index in [0.29, 0.717) is 44.8 Å². The van der Waals surface area contributed by atoms with Crippen LogP contribution in [0.15, 0.2) is 0 Å². The van der Waals surface area contributed by atoms with Gasteiger partial charge in [-0.2, -0.15) is 0 Å². The van der Waals surface area contributed by atoms with Crippen LogP contribution in [0, 0.1) is 11.8 Å². The van der Waals surface area contributed by atoms with Gasteiger partial charge in [0.15, 0.2) is 0 Å². The molecule has 0 aromatic carbocycles. The largest absolute Gasteiger partial charge is 0.342 e. The van der Waals surface area contributed by atoms with Crippen molar-refractivity contribution in [2.75, 3.05) is 26.2 Å². The number of nitrogens with zero attached hydrogens (tertiary/aromatic N) is 2. The highest BCUT2D eigenvalue weighted by molar-refractivity contribution is 6.07. The fraction of sp³-hybridized carbons (Fsp3) is 0.750. The first-order valence-electron chi connectivity index (χ1n) is 8.67. The minimum Gasteiger partial charge on any atom is -0.342 e. The lowest BCUT2D eigenvalue weighted by Gasteiger charge is -2.37. The summed E-state index contributed by atoms with van der Waals surface area (Å²) in [5, 5.41) is 4.96. The molecule has 0 aromatic heterocycles. The van der Waals surface area contributed by atoms with Gasteiger partial charge in [-0.3, -0.25) is 19.7 Å². The molecule has 0 aromatic rings. The molecule has 24 heavy (non-hydrogen) atoms. The van der Waals surface area contributed by atoms with Crippen molar-refractivity contribution >= 4 is 23.8 Å². The van der Waals surface area contributed by atoms with Gasteiger partial charge < -0.3 is 15.1 Å². The van der Waals surface area contributed by atoms with Gasteiger partial charge in [-0.25, -0.2) is 4.79 Å². The molecule has 0 unspecified atom stereocenters. The van der Waals surface area contributed by atoms with Crippen LogP contribution in [0.1, 0.15) is 32.1 Å². The molecule has 3 heterocycles. The minimum absolute atomic E-state index is 0.00114. The fourth-order valence-corrected chi connectivity index (χ4v) is 3.97. The number of carbonyl (C=O) groups excluding carboxylic acids is 4. The van der Waals surface area contributed by atoms with Crippen molar-refractivity contribution in [2.45, 2.75) is 37.6 Å². The molecule has 1 saturated carbocycles. The van der Waals surface area contributed by atoms with Crippen LogP contribution in [0.25, 0.3) is 0 Å². The zero-order chi connectivity index (χ0) is 16.9. The number of piperidine rings is 1. The van der Waals surface area contributed by atoms with Crippen LogP contribution in [0.2, 0.25) is 0 Å². The molecule has 130 valence electrons. The Kier molecular flexibility index (Phi) is 3.51. The highest BCUT2D eigenvalue weighted by Gasteiger charge is 2.49. The summed E-state index contributed by atoms with van der Waals surface area (Å²) in [6.07, 6.45) is 3.50. The summed E-state index contributed by atoms with van der Waals surface area (Å²) in [6, 6.07) is -0.461. The summed E-state index contributed by atoms with van der Waals surface area (Å²) in [6.45, 7) is 2.17. The third-order valence-electron chi connectivity index (χ3n) is 5.68. The fourth-order valence-electron chi connectivity index (χ4n) is 3.97. The number of rotatable bonds is 3. The lowest BCUT2D eigenvalue weighted by atomic mass is 9.87. The maximum Gasteiger partial charge on any atom is 0.322 e. The molecule has 1 spiro atoms. The number of nitrogens with one attached hydrogen (secondary N) is 2. The number of hydrogen-bond donors (Lipinski definition) is 2. The molecule has 8 nitrogen and oxygen atoms in total. The van der Waals surface area contributed by atoms with E-state index in [4.69, 9.17) is 0 Å². The molecular formula is C16H22N4O4. The van der Waals surface area contributed by atoms with Crippen molar-refractivity contribution < 1.29 is 19.2 Å². The molecule has 1 atom stereocenters. The summed E-state index contributed by atoms with van der Waals surface area (Å²) < 4.78 is 0. The third kappa shape index (κ3) is 2.63. The van der Waals surface area contributed by atoms with Crippen molar-refractivity contribution in [1.29, 1.82) is 0 Å². The zero-order valence-corrected chi connectivity index (χ0v) is 13.5. The minimum atomic E-state index is -0.864. The molecule has 5 amide bonds. The lowest BCUT2D eigenvalue weighted by Crippen LogP contribution is -2.56. The smallest absolute Gasteiger partial charge is 0.322 e. The number of urea groups is 1. The van der Waals surface area contributed by atoms with E-state index in [1.165, 1.54) is 12.8 Å². The number of hydrogen-bond acceptors (Lipinski definition) is 4. The number of imide groups is 1. The van der Waals surface area contributed by atoms with E-state index in [1.54, 1.807) is 4.90 Å². The van der Waals surface area contributed by atoms with Gasteiger partial charge in [0.25, 0.3) is 5.91 Å². The molecule has 8 heteroatoms.